The van der Waals surface area contributed by atoms with E-state index < -0.39 is 31.3 Å². The van der Waals surface area contributed by atoms with Gasteiger partial charge in [0.1, 0.15) is 24.2 Å². The Hall–Kier alpha value is -2.14. The normalized spacial score (nSPS) is 28.6. The number of nitrogens with zero attached hydrogens (tertiary/aromatic N) is 1. The maximum absolute atomic E-state index is 13.6. The Balaban J connectivity index is 1.80. The van der Waals surface area contributed by atoms with Gasteiger partial charge in [0.15, 0.2) is 0 Å². The summed E-state index contributed by atoms with van der Waals surface area (Å²) in [5.74, 6) is -1.24. The van der Waals surface area contributed by atoms with Crippen LogP contribution in [0.5, 0.6) is 0 Å². The highest BCUT2D eigenvalue weighted by Gasteiger charge is 2.40. The number of nitrogens with one attached hydrogen (secondary N) is 3. The summed E-state index contributed by atoms with van der Waals surface area (Å²) in [5, 5.41) is 26.9. The minimum Gasteiger partial charge on any atom is -0.427 e. The van der Waals surface area contributed by atoms with Crippen LogP contribution in [0.4, 0.5) is 0 Å². The van der Waals surface area contributed by atoms with Gasteiger partial charge in [0.05, 0.1) is 0 Å². The van der Waals surface area contributed by atoms with E-state index in [2.05, 4.69) is 16.0 Å². The SMILES string of the molecule is O=C1N[C@@H]2CCCCCCCCCCC[C@H](NC2=O)C(=O)N2CCC[C@@H]2C(=O)N[C@H]1CCCCCB(O)O. The molecule has 3 heterocycles. The average Bonchev–Trinajstić information content (AvgIpc) is 3.37. The maximum Gasteiger partial charge on any atom is 0.451 e. The van der Waals surface area contributed by atoms with Crippen LogP contribution >= 0.6 is 0 Å². The number of carbonyl (C=O) groups excluding carboxylic acids is 4. The van der Waals surface area contributed by atoms with Crippen molar-refractivity contribution in [2.24, 2.45) is 0 Å². The first kappa shape index (κ1) is 30.4. The van der Waals surface area contributed by atoms with E-state index in [9.17, 15) is 19.2 Å². The fraction of sp³-hybridized carbons (Fsp3) is 0.852. The molecule has 0 saturated carbocycles. The van der Waals surface area contributed by atoms with E-state index in [1.165, 1.54) is 19.3 Å². The van der Waals surface area contributed by atoms with Crippen LogP contribution in [0.3, 0.4) is 0 Å². The molecule has 4 atom stereocenters. The van der Waals surface area contributed by atoms with Crippen LogP contribution in [0.2, 0.25) is 6.32 Å². The molecule has 11 heteroatoms. The van der Waals surface area contributed by atoms with E-state index in [-0.39, 0.29) is 29.9 Å². The highest BCUT2D eigenvalue weighted by molar-refractivity contribution is 6.40. The Kier molecular flexibility index (Phi) is 12.9. The first-order valence-corrected chi connectivity index (χ1v) is 14.9. The van der Waals surface area contributed by atoms with Gasteiger partial charge < -0.3 is 30.9 Å². The third kappa shape index (κ3) is 9.56. The van der Waals surface area contributed by atoms with Crippen LogP contribution in [-0.4, -0.2) is 76.4 Å². The van der Waals surface area contributed by atoms with E-state index in [1.807, 2.05) is 0 Å². The molecule has 0 unspecified atom stereocenters. The van der Waals surface area contributed by atoms with E-state index in [0.29, 0.717) is 57.9 Å². The number of carbonyl (C=O) groups is 4. The molecule has 0 spiro atoms. The zero-order valence-electron chi connectivity index (χ0n) is 22.8. The van der Waals surface area contributed by atoms with Crippen molar-refractivity contribution in [1.29, 1.82) is 0 Å². The highest BCUT2D eigenvalue weighted by Crippen LogP contribution is 2.22. The molecule has 2 bridgehead atoms. The largest absolute Gasteiger partial charge is 0.451 e. The third-order valence-corrected chi connectivity index (χ3v) is 8.16. The Labute approximate surface area is 227 Å². The van der Waals surface area contributed by atoms with Crippen molar-refractivity contribution in [2.75, 3.05) is 6.54 Å². The second-order valence-corrected chi connectivity index (χ2v) is 11.3. The molecule has 3 aliphatic rings. The van der Waals surface area contributed by atoms with E-state index >= 15 is 0 Å². The quantitative estimate of drug-likeness (QED) is 0.259. The van der Waals surface area contributed by atoms with Gasteiger partial charge >= 0.3 is 7.12 Å². The topological polar surface area (TPSA) is 148 Å². The van der Waals surface area contributed by atoms with Crippen molar-refractivity contribution in [3.8, 4) is 0 Å². The molecule has 3 fully saturated rings. The molecule has 3 rings (SSSR count). The van der Waals surface area contributed by atoms with Crippen molar-refractivity contribution in [1.82, 2.24) is 20.9 Å². The van der Waals surface area contributed by atoms with E-state index in [1.54, 1.807) is 4.90 Å². The van der Waals surface area contributed by atoms with Gasteiger partial charge in [0.2, 0.25) is 23.6 Å². The molecule has 38 heavy (non-hydrogen) atoms. The summed E-state index contributed by atoms with van der Waals surface area (Å²) < 4.78 is 0. The number of hydrogen-bond acceptors (Lipinski definition) is 6. The Morgan fingerprint density at radius 2 is 1.26 bits per heavy atom. The molecule has 0 aromatic rings. The molecule has 3 aliphatic heterocycles. The molecule has 5 N–H and O–H groups in total. The number of fused-ring (bicyclic) bond motifs is 4. The minimum atomic E-state index is -1.35. The lowest BCUT2D eigenvalue weighted by Gasteiger charge is -2.32. The molecule has 0 aromatic heterocycles. The summed E-state index contributed by atoms with van der Waals surface area (Å²) >= 11 is 0. The first-order valence-electron chi connectivity index (χ1n) is 14.9. The van der Waals surface area contributed by atoms with Crippen LogP contribution < -0.4 is 16.0 Å². The number of amides is 4. The lowest BCUT2D eigenvalue weighted by molar-refractivity contribution is -0.143. The van der Waals surface area contributed by atoms with Crippen LogP contribution in [-0.2, 0) is 19.2 Å². The summed E-state index contributed by atoms with van der Waals surface area (Å²) in [7, 11) is -1.35. The molecular weight excluding hydrogens is 487 g/mol. The molecule has 3 saturated heterocycles. The molecule has 0 aromatic carbocycles. The van der Waals surface area contributed by atoms with Crippen molar-refractivity contribution in [3.05, 3.63) is 0 Å². The van der Waals surface area contributed by atoms with Gasteiger partial charge in [-0.15, -0.1) is 0 Å². The molecule has 214 valence electrons. The lowest BCUT2D eigenvalue weighted by Crippen LogP contribution is -2.61. The summed E-state index contributed by atoms with van der Waals surface area (Å²) in [5.41, 5.74) is 0. The summed E-state index contributed by atoms with van der Waals surface area (Å²) in [4.78, 5) is 55.4. The fourth-order valence-electron chi connectivity index (χ4n) is 5.90. The monoisotopic (exact) mass is 534 g/mol. The lowest BCUT2D eigenvalue weighted by atomic mass is 9.83. The zero-order chi connectivity index (χ0) is 27.3. The first-order chi connectivity index (χ1) is 18.4. The summed E-state index contributed by atoms with van der Waals surface area (Å²) in [6.07, 6.45) is 14.1. The van der Waals surface area contributed by atoms with Gasteiger partial charge in [-0.2, -0.15) is 0 Å². The number of hydrogen-bond donors (Lipinski definition) is 5. The van der Waals surface area contributed by atoms with Gasteiger partial charge in [-0.3, -0.25) is 19.2 Å². The molecular formula is C27H47BN4O6. The summed E-state index contributed by atoms with van der Waals surface area (Å²) in [6, 6.07) is -2.93. The predicted molar refractivity (Wildman–Crippen MR) is 145 cm³/mol. The maximum atomic E-state index is 13.6. The van der Waals surface area contributed by atoms with Crippen LogP contribution in [0.25, 0.3) is 0 Å². The van der Waals surface area contributed by atoms with E-state index in [4.69, 9.17) is 10.0 Å². The standard InChI is InChI=1S/C27H47BN4O6/c33-24-21(15-11-8-12-18-28(37)38)30-26(35)23-17-13-19-32(23)27(36)22-16-10-7-5-3-1-2-4-6-9-14-20(29-24)25(34)31-22/h20-23,37-38H,1-19H2,(H,29,33)(H,30,35)(H,31,34)/t20-,21+,22+,23-/m1/s1. The highest BCUT2D eigenvalue weighted by atomic mass is 16.4. The molecule has 0 aliphatic carbocycles. The van der Waals surface area contributed by atoms with Gasteiger partial charge in [-0.25, -0.2) is 0 Å². The molecule has 0 radical (unpaired) electrons. The number of unbranched alkanes of at least 4 members (excludes halogenated alkanes) is 2. The van der Waals surface area contributed by atoms with E-state index in [0.717, 1.165) is 38.5 Å². The van der Waals surface area contributed by atoms with Gasteiger partial charge in [-0.05, 0) is 38.4 Å². The Bertz CT molecular complexity index is 798. The Morgan fingerprint density at radius 1 is 0.658 bits per heavy atom. The number of rotatable bonds is 6. The van der Waals surface area contributed by atoms with Crippen LogP contribution in [0.1, 0.15) is 109 Å². The van der Waals surface area contributed by atoms with Gasteiger partial charge in [0.25, 0.3) is 0 Å². The third-order valence-electron chi connectivity index (χ3n) is 8.16. The zero-order valence-corrected chi connectivity index (χ0v) is 22.8. The minimum absolute atomic E-state index is 0.204. The van der Waals surface area contributed by atoms with Gasteiger partial charge in [-0.1, -0.05) is 77.0 Å². The smallest absolute Gasteiger partial charge is 0.427 e. The summed E-state index contributed by atoms with van der Waals surface area (Å²) in [6.45, 7) is 0.465. The molecule has 4 amide bonds. The average molecular weight is 535 g/mol. The molecule has 10 nitrogen and oxygen atoms in total. The predicted octanol–water partition coefficient (Wildman–Crippen LogP) is 1.78. The van der Waals surface area contributed by atoms with Crippen molar-refractivity contribution in [3.63, 3.8) is 0 Å². The van der Waals surface area contributed by atoms with Crippen molar-refractivity contribution >= 4 is 30.7 Å². The van der Waals surface area contributed by atoms with Crippen molar-refractivity contribution < 1.29 is 29.2 Å². The second-order valence-electron chi connectivity index (χ2n) is 11.3. The van der Waals surface area contributed by atoms with Crippen LogP contribution in [0, 0.1) is 0 Å². The Morgan fingerprint density at radius 3 is 1.92 bits per heavy atom. The van der Waals surface area contributed by atoms with Crippen LogP contribution in [0.15, 0.2) is 0 Å². The fourth-order valence-corrected chi connectivity index (χ4v) is 5.90. The van der Waals surface area contributed by atoms with Crippen molar-refractivity contribution in [2.45, 2.75) is 140 Å². The van der Waals surface area contributed by atoms with Gasteiger partial charge in [0, 0.05) is 6.54 Å². The second kappa shape index (κ2) is 16.1.